The summed E-state index contributed by atoms with van der Waals surface area (Å²) in [6.07, 6.45) is -0.483. The highest BCUT2D eigenvalue weighted by Gasteiger charge is 2.34. The maximum Gasteiger partial charge on any atom is 0.276 e. The van der Waals surface area contributed by atoms with E-state index in [4.69, 9.17) is 14.5 Å². The lowest BCUT2D eigenvalue weighted by Gasteiger charge is -2.34. The molecule has 2 aliphatic heterocycles. The van der Waals surface area contributed by atoms with Crippen molar-refractivity contribution in [3.8, 4) is 11.5 Å². The zero-order valence-corrected chi connectivity index (χ0v) is 16.6. The molecule has 0 saturated heterocycles. The standard InChI is InChI=1S/C20H20N4O3S/c1-4-28-20-22-19(25)17-13-7-5-6-8-14(13)21-18(24(17)23-20)12-9-10-15(26-2)16(11-12)27-3/h5-11,18H,4H2,1-3H3,(H,22,23,25)/t18-/m1/s1. The number of methoxy groups -OCH3 is 2. The Balaban J connectivity index is 1.92. The van der Waals surface area contributed by atoms with Gasteiger partial charge in [-0.15, -0.1) is 5.10 Å². The number of thioether (sulfide) groups is 1. The summed E-state index contributed by atoms with van der Waals surface area (Å²) in [5.41, 5.74) is 1.34. The maximum absolute atomic E-state index is 12.9. The van der Waals surface area contributed by atoms with Gasteiger partial charge >= 0.3 is 0 Å². The molecule has 2 heterocycles. The summed E-state index contributed by atoms with van der Waals surface area (Å²) >= 11 is 1.48. The second-order valence-corrected chi connectivity index (χ2v) is 7.37. The SMILES string of the molecule is CCSC1=NN2C(=c3ccccc3=N[C@H]2c2ccc(OC)c(OC)c2)C(=O)N1. The van der Waals surface area contributed by atoms with Crippen LogP contribution in [-0.2, 0) is 4.79 Å². The Morgan fingerprint density at radius 3 is 2.68 bits per heavy atom. The number of carbonyl (C=O) groups is 1. The number of nitrogens with one attached hydrogen (secondary N) is 1. The molecule has 7 nitrogen and oxygen atoms in total. The van der Waals surface area contributed by atoms with Crippen LogP contribution in [0.25, 0.3) is 5.70 Å². The topological polar surface area (TPSA) is 75.5 Å². The minimum atomic E-state index is -0.483. The van der Waals surface area contributed by atoms with Crippen LogP contribution in [0.4, 0.5) is 0 Å². The van der Waals surface area contributed by atoms with Gasteiger partial charge < -0.3 is 9.47 Å². The third-order valence-electron chi connectivity index (χ3n) is 4.50. The summed E-state index contributed by atoms with van der Waals surface area (Å²) in [7, 11) is 3.19. The largest absolute Gasteiger partial charge is 0.493 e. The average molecular weight is 396 g/mol. The normalized spacial score (nSPS) is 17.8. The monoisotopic (exact) mass is 396 g/mol. The first-order chi connectivity index (χ1) is 13.7. The number of hydrazone groups is 1. The summed E-state index contributed by atoms with van der Waals surface area (Å²) in [5, 5.41) is 11.3. The van der Waals surface area contributed by atoms with Crippen molar-refractivity contribution in [3.05, 3.63) is 58.6 Å². The number of ether oxygens (including phenoxy) is 2. The second kappa shape index (κ2) is 7.55. The summed E-state index contributed by atoms with van der Waals surface area (Å²) in [5.74, 6) is 1.86. The molecule has 8 heteroatoms. The number of rotatable bonds is 4. The molecule has 0 unspecified atom stereocenters. The molecule has 0 radical (unpaired) electrons. The molecule has 2 aromatic rings. The quantitative estimate of drug-likeness (QED) is 0.850. The molecule has 1 atom stereocenters. The van der Waals surface area contributed by atoms with Crippen LogP contribution < -0.4 is 25.4 Å². The van der Waals surface area contributed by atoms with Crippen molar-refractivity contribution in [2.24, 2.45) is 10.1 Å². The number of amides is 1. The molecule has 4 rings (SSSR count). The molecule has 0 spiro atoms. The van der Waals surface area contributed by atoms with E-state index < -0.39 is 6.17 Å². The fourth-order valence-electron chi connectivity index (χ4n) is 3.26. The predicted molar refractivity (Wildman–Crippen MR) is 108 cm³/mol. The zero-order valence-electron chi connectivity index (χ0n) is 15.8. The molecular formula is C20H20N4O3S. The van der Waals surface area contributed by atoms with Gasteiger partial charge in [-0.25, -0.2) is 5.01 Å². The molecule has 0 bridgehead atoms. The smallest absolute Gasteiger partial charge is 0.276 e. The number of carbonyl (C=O) groups excluding carboxylic acids is 1. The van der Waals surface area contributed by atoms with Gasteiger partial charge in [0.15, 0.2) is 22.8 Å². The van der Waals surface area contributed by atoms with Crippen LogP contribution in [0.3, 0.4) is 0 Å². The molecule has 0 fully saturated rings. The lowest BCUT2D eigenvalue weighted by atomic mass is 10.1. The zero-order chi connectivity index (χ0) is 19.7. The van der Waals surface area contributed by atoms with Crippen molar-refractivity contribution >= 4 is 28.5 Å². The summed E-state index contributed by atoms with van der Waals surface area (Å²) in [6, 6.07) is 13.2. The van der Waals surface area contributed by atoms with Crippen LogP contribution in [0.15, 0.2) is 52.6 Å². The van der Waals surface area contributed by atoms with E-state index in [0.29, 0.717) is 22.4 Å². The van der Waals surface area contributed by atoms with Crippen LogP contribution >= 0.6 is 11.8 Å². The molecule has 0 aromatic heterocycles. The Kier molecular flexibility index (Phi) is 4.95. The number of amidine groups is 1. The highest BCUT2D eigenvalue weighted by atomic mass is 32.2. The number of hydrogen-bond donors (Lipinski definition) is 1. The van der Waals surface area contributed by atoms with Gasteiger partial charge in [0.1, 0.15) is 5.70 Å². The lowest BCUT2D eigenvalue weighted by Crippen LogP contribution is -2.50. The predicted octanol–water partition coefficient (Wildman–Crippen LogP) is 1.60. The van der Waals surface area contributed by atoms with Gasteiger partial charge in [0.2, 0.25) is 0 Å². The number of para-hydroxylation sites is 1. The van der Waals surface area contributed by atoms with Crippen molar-refractivity contribution in [1.82, 2.24) is 10.3 Å². The van der Waals surface area contributed by atoms with Gasteiger partial charge in [-0.1, -0.05) is 43.0 Å². The highest BCUT2D eigenvalue weighted by molar-refractivity contribution is 8.13. The van der Waals surface area contributed by atoms with E-state index in [9.17, 15) is 4.79 Å². The Bertz CT molecular complexity index is 1080. The minimum absolute atomic E-state index is 0.182. The third-order valence-corrected chi connectivity index (χ3v) is 5.25. The van der Waals surface area contributed by atoms with Crippen molar-refractivity contribution in [1.29, 1.82) is 0 Å². The van der Waals surface area contributed by atoms with E-state index in [1.165, 1.54) is 11.8 Å². The minimum Gasteiger partial charge on any atom is -0.493 e. The first kappa shape index (κ1) is 18.4. The first-order valence-corrected chi connectivity index (χ1v) is 9.86. The molecule has 0 aliphatic carbocycles. The van der Waals surface area contributed by atoms with E-state index >= 15 is 0 Å². The van der Waals surface area contributed by atoms with Gasteiger partial charge in [0.05, 0.1) is 19.6 Å². The molecular weight excluding hydrogens is 376 g/mol. The highest BCUT2D eigenvalue weighted by Crippen LogP contribution is 2.35. The van der Waals surface area contributed by atoms with Crippen molar-refractivity contribution in [2.45, 2.75) is 13.1 Å². The van der Waals surface area contributed by atoms with Crippen LogP contribution in [0, 0.1) is 0 Å². The van der Waals surface area contributed by atoms with Gasteiger partial charge in [0.25, 0.3) is 5.91 Å². The van der Waals surface area contributed by atoms with Crippen LogP contribution in [0.1, 0.15) is 18.7 Å². The van der Waals surface area contributed by atoms with E-state index in [0.717, 1.165) is 21.9 Å². The fraction of sp³-hybridized carbons (Fsp3) is 0.250. The Morgan fingerprint density at radius 2 is 1.93 bits per heavy atom. The average Bonchev–Trinajstić information content (AvgIpc) is 2.72. The maximum atomic E-state index is 12.9. The number of nitrogens with zero attached hydrogens (tertiary/aromatic N) is 3. The Morgan fingerprint density at radius 1 is 1.14 bits per heavy atom. The number of hydrogen-bond acceptors (Lipinski definition) is 7. The summed E-state index contributed by atoms with van der Waals surface area (Å²) < 4.78 is 10.8. The van der Waals surface area contributed by atoms with Gasteiger partial charge in [-0.2, -0.15) is 0 Å². The molecule has 1 N–H and O–H groups in total. The molecule has 2 aromatic carbocycles. The second-order valence-electron chi connectivity index (χ2n) is 6.12. The van der Waals surface area contributed by atoms with Gasteiger partial charge in [-0.3, -0.25) is 15.1 Å². The van der Waals surface area contributed by atoms with Crippen LogP contribution in [0.2, 0.25) is 0 Å². The first-order valence-electron chi connectivity index (χ1n) is 8.87. The fourth-order valence-corrected chi connectivity index (χ4v) is 3.84. The van der Waals surface area contributed by atoms with E-state index in [-0.39, 0.29) is 5.91 Å². The third kappa shape index (κ3) is 3.09. The molecule has 144 valence electrons. The Labute approximate surface area is 166 Å². The summed E-state index contributed by atoms with van der Waals surface area (Å²) in [6.45, 7) is 2.01. The molecule has 2 aliphatic rings. The van der Waals surface area contributed by atoms with Crippen LogP contribution in [0.5, 0.6) is 11.5 Å². The molecule has 0 saturated carbocycles. The number of fused-ring (bicyclic) bond motifs is 2. The van der Waals surface area contributed by atoms with E-state index in [1.807, 2.05) is 49.4 Å². The molecule has 28 heavy (non-hydrogen) atoms. The van der Waals surface area contributed by atoms with Crippen LogP contribution in [-0.4, -0.2) is 36.1 Å². The van der Waals surface area contributed by atoms with Crippen molar-refractivity contribution < 1.29 is 14.3 Å². The van der Waals surface area contributed by atoms with Crippen molar-refractivity contribution in [3.63, 3.8) is 0 Å². The Hall–Kier alpha value is -3.00. The summed E-state index contributed by atoms with van der Waals surface area (Å²) in [4.78, 5) is 17.8. The van der Waals surface area contributed by atoms with E-state index in [2.05, 4.69) is 10.4 Å². The van der Waals surface area contributed by atoms with Crippen molar-refractivity contribution in [2.75, 3.05) is 20.0 Å². The lowest BCUT2D eigenvalue weighted by molar-refractivity contribution is -0.116. The number of benzene rings is 2. The molecule has 1 amide bonds. The van der Waals surface area contributed by atoms with Gasteiger partial charge in [-0.05, 0) is 24.0 Å². The van der Waals surface area contributed by atoms with Gasteiger partial charge in [0, 0.05) is 10.8 Å². The van der Waals surface area contributed by atoms with E-state index in [1.54, 1.807) is 19.2 Å².